The molecule has 3 fully saturated rings. The first-order valence-electron chi connectivity index (χ1n) is 11.1. The molecule has 7 heteroatoms. The molecular weight excluding hydrogens is 403 g/mol. The second-order valence-corrected chi connectivity index (χ2v) is 10.3. The Labute approximate surface area is 181 Å². The van der Waals surface area contributed by atoms with Crippen LogP contribution in [0, 0.1) is 22.7 Å². The van der Waals surface area contributed by atoms with Crippen molar-refractivity contribution < 1.29 is 33.7 Å². The molecule has 0 amide bonds. The second-order valence-electron chi connectivity index (χ2n) is 10.3. The summed E-state index contributed by atoms with van der Waals surface area (Å²) < 4.78 is 22.0. The highest BCUT2D eigenvalue weighted by molar-refractivity contribution is 6.01. The van der Waals surface area contributed by atoms with Gasteiger partial charge in [-0.25, -0.2) is 4.39 Å². The van der Waals surface area contributed by atoms with E-state index in [-0.39, 0.29) is 24.5 Å². The van der Waals surface area contributed by atoms with E-state index in [1.165, 1.54) is 26.0 Å². The van der Waals surface area contributed by atoms with Gasteiger partial charge >= 0.3 is 5.97 Å². The first-order chi connectivity index (χ1) is 14.3. The van der Waals surface area contributed by atoms with Gasteiger partial charge in [0.05, 0.1) is 6.10 Å². The summed E-state index contributed by atoms with van der Waals surface area (Å²) in [5.74, 6) is -2.30. The molecule has 0 saturated heterocycles. The average Bonchev–Trinajstić information content (AvgIpc) is 2.94. The molecule has 170 valence electrons. The molecule has 6 nitrogen and oxygen atoms in total. The van der Waals surface area contributed by atoms with Crippen LogP contribution in [0.25, 0.3) is 0 Å². The van der Waals surface area contributed by atoms with Crippen molar-refractivity contribution in [2.24, 2.45) is 22.7 Å². The number of fused-ring (bicyclic) bond motifs is 5. The maximum atomic E-state index is 17.0. The van der Waals surface area contributed by atoms with Crippen LogP contribution < -0.4 is 0 Å². The molecule has 3 saturated carbocycles. The number of carbonyl (C=O) groups is 3. The number of carbonyl (C=O) groups excluding carboxylic acids is 3. The number of rotatable bonds is 3. The molecule has 0 aliphatic heterocycles. The summed E-state index contributed by atoms with van der Waals surface area (Å²) in [5, 5.41) is 22.8. The maximum absolute atomic E-state index is 17.0. The van der Waals surface area contributed by atoms with Crippen molar-refractivity contribution in [3.63, 3.8) is 0 Å². The monoisotopic (exact) mass is 434 g/mol. The number of Topliss-reactive ketones (excluding diaryl/α,β-unsaturated/α-hetero) is 1. The number of esters is 1. The van der Waals surface area contributed by atoms with Gasteiger partial charge in [-0.05, 0) is 64.0 Å². The van der Waals surface area contributed by atoms with Gasteiger partial charge in [0.1, 0.15) is 5.60 Å². The minimum atomic E-state index is -2.01. The van der Waals surface area contributed by atoms with Crippen LogP contribution in [-0.4, -0.2) is 51.2 Å². The SMILES string of the molecule is CC(=O)O[C@@H](C)C(=O)[C@]1(O)CC[C@@H]2[C@H]3CCC4=CC(=O)C=C[C@]4(C)[C@]3(F)[C@@H](O)C[C@]21C. The highest BCUT2D eigenvalue weighted by Crippen LogP contribution is 2.69. The summed E-state index contributed by atoms with van der Waals surface area (Å²) in [7, 11) is 0. The zero-order chi connectivity index (χ0) is 23.0. The smallest absolute Gasteiger partial charge is 0.303 e. The lowest BCUT2D eigenvalue weighted by atomic mass is 9.44. The largest absolute Gasteiger partial charge is 0.455 e. The predicted molar refractivity (Wildman–Crippen MR) is 110 cm³/mol. The van der Waals surface area contributed by atoms with Crippen LogP contribution >= 0.6 is 0 Å². The van der Waals surface area contributed by atoms with Crippen molar-refractivity contribution >= 4 is 17.5 Å². The summed E-state index contributed by atoms with van der Waals surface area (Å²) in [6, 6.07) is 0. The molecule has 0 aromatic rings. The lowest BCUT2D eigenvalue weighted by Gasteiger charge is -2.62. The van der Waals surface area contributed by atoms with Gasteiger partial charge in [-0.15, -0.1) is 0 Å². The third kappa shape index (κ3) is 2.72. The molecular formula is C24H31FO6. The zero-order valence-corrected chi connectivity index (χ0v) is 18.5. The van der Waals surface area contributed by atoms with Gasteiger partial charge in [-0.2, -0.15) is 0 Å². The van der Waals surface area contributed by atoms with E-state index in [2.05, 4.69) is 0 Å². The number of ether oxygens (including phenoxy) is 1. The molecule has 0 spiro atoms. The summed E-state index contributed by atoms with van der Waals surface area (Å²) in [6.07, 6.45) is 3.31. The molecule has 4 aliphatic rings. The molecule has 31 heavy (non-hydrogen) atoms. The highest BCUT2D eigenvalue weighted by Gasteiger charge is 2.74. The summed E-state index contributed by atoms with van der Waals surface area (Å²) >= 11 is 0. The van der Waals surface area contributed by atoms with Gasteiger partial charge in [0.15, 0.2) is 17.6 Å². The Morgan fingerprint density at radius 1 is 1.26 bits per heavy atom. The Balaban J connectivity index is 1.73. The number of hydrogen-bond donors (Lipinski definition) is 2. The van der Waals surface area contributed by atoms with Gasteiger partial charge in [0.25, 0.3) is 0 Å². The second kappa shape index (κ2) is 6.82. The van der Waals surface area contributed by atoms with Crippen LogP contribution in [0.3, 0.4) is 0 Å². The van der Waals surface area contributed by atoms with E-state index in [9.17, 15) is 24.6 Å². The minimum Gasteiger partial charge on any atom is -0.455 e. The normalized spacial score (nSPS) is 47.0. The van der Waals surface area contributed by atoms with Crippen LogP contribution in [-0.2, 0) is 19.1 Å². The van der Waals surface area contributed by atoms with Gasteiger partial charge in [0.2, 0.25) is 5.78 Å². The van der Waals surface area contributed by atoms with Crippen LogP contribution in [0.1, 0.15) is 59.8 Å². The van der Waals surface area contributed by atoms with E-state index in [0.717, 1.165) is 0 Å². The van der Waals surface area contributed by atoms with Crippen LogP contribution in [0.4, 0.5) is 4.39 Å². The summed E-state index contributed by atoms with van der Waals surface area (Å²) in [4.78, 5) is 36.4. The summed E-state index contributed by atoms with van der Waals surface area (Å²) in [5.41, 5.74) is -5.29. The molecule has 0 heterocycles. The number of hydrogen-bond acceptors (Lipinski definition) is 6. The van der Waals surface area contributed by atoms with Crippen molar-refractivity contribution in [1.29, 1.82) is 0 Å². The number of halogens is 1. The quantitative estimate of drug-likeness (QED) is 0.663. The number of aliphatic hydroxyl groups is 2. The van der Waals surface area contributed by atoms with E-state index in [0.29, 0.717) is 24.8 Å². The van der Waals surface area contributed by atoms with Gasteiger partial charge in [0, 0.05) is 23.7 Å². The Bertz CT molecular complexity index is 910. The number of allylic oxidation sites excluding steroid dienone is 4. The topological polar surface area (TPSA) is 101 Å². The van der Waals surface area contributed by atoms with Crippen molar-refractivity contribution in [3.05, 3.63) is 23.8 Å². The van der Waals surface area contributed by atoms with Gasteiger partial charge in [-0.3, -0.25) is 14.4 Å². The fourth-order valence-corrected chi connectivity index (χ4v) is 7.26. The fraction of sp³-hybridized carbons (Fsp3) is 0.708. The number of ketones is 2. The Hall–Kier alpha value is -1.86. The minimum absolute atomic E-state index is 0.0929. The third-order valence-corrected chi connectivity index (χ3v) is 8.91. The van der Waals surface area contributed by atoms with Crippen molar-refractivity contribution in [2.75, 3.05) is 0 Å². The van der Waals surface area contributed by atoms with Crippen molar-refractivity contribution in [1.82, 2.24) is 0 Å². The number of alkyl halides is 1. The average molecular weight is 435 g/mol. The lowest BCUT2D eigenvalue weighted by molar-refractivity contribution is -0.219. The molecule has 8 atom stereocenters. The van der Waals surface area contributed by atoms with Crippen LogP contribution in [0.5, 0.6) is 0 Å². The van der Waals surface area contributed by atoms with E-state index in [1.54, 1.807) is 19.9 Å². The molecule has 0 aromatic heterocycles. The Morgan fingerprint density at radius 3 is 2.58 bits per heavy atom. The molecule has 0 radical (unpaired) electrons. The fourth-order valence-electron chi connectivity index (χ4n) is 7.26. The third-order valence-electron chi connectivity index (χ3n) is 8.91. The van der Waals surface area contributed by atoms with Crippen molar-refractivity contribution in [3.8, 4) is 0 Å². The molecule has 4 aliphatic carbocycles. The molecule has 0 bridgehead atoms. The Kier molecular flexibility index (Phi) is 4.91. The van der Waals surface area contributed by atoms with Crippen LogP contribution in [0.15, 0.2) is 23.8 Å². The molecule has 2 N–H and O–H groups in total. The van der Waals surface area contributed by atoms with Gasteiger partial charge < -0.3 is 14.9 Å². The van der Waals surface area contributed by atoms with E-state index in [1.807, 2.05) is 0 Å². The van der Waals surface area contributed by atoms with Crippen LogP contribution in [0.2, 0.25) is 0 Å². The molecule has 4 rings (SSSR count). The lowest BCUT2D eigenvalue weighted by Crippen LogP contribution is -2.69. The molecule has 0 aromatic carbocycles. The Morgan fingerprint density at radius 2 is 1.94 bits per heavy atom. The maximum Gasteiger partial charge on any atom is 0.303 e. The molecule has 0 unspecified atom stereocenters. The van der Waals surface area contributed by atoms with E-state index < -0.39 is 52.0 Å². The first-order valence-corrected chi connectivity index (χ1v) is 11.1. The predicted octanol–water partition coefficient (Wildman–Crippen LogP) is 2.61. The first kappa shape index (κ1) is 22.3. The highest BCUT2D eigenvalue weighted by atomic mass is 19.1. The van der Waals surface area contributed by atoms with Crippen molar-refractivity contribution in [2.45, 2.75) is 83.3 Å². The summed E-state index contributed by atoms with van der Waals surface area (Å²) in [6.45, 7) is 6.11. The zero-order valence-electron chi connectivity index (χ0n) is 18.5. The van der Waals surface area contributed by atoms with Gasteiger partial charge in [-0.1, -0.05) is 18.6 Å². The van der Waals surface area contributed by atoms with E-state index in [4.69, 9.17) is 4.74 Å². The standard InChI is InChI=1S/C24H31FO6/c1-13(31-14(2)26)20(29)23(30)10-8-17-18-6-5-15-11-16(27)7-9-21(15,3)24(18,25)19(28)12-22(17,23)4/h7,9,11,13,17-19,28,30H,5-6,8,10,12H2,1-4H3/t13-,17+,18+,19-,21-,22+,23+,24+/m0/s1. The van der Waals surface area contributed by atoms with E-state index >= 15 is 4.39 Å². The number of aliphatic hydroxyl groups excluding tert-OH is 1.